The number of hydrogen-bond acceptors (Lipinski definition) is 4. The molecule has 6 nitrogen and oxygen atoms in total. The molecule has 0 radical (unpaired) electrons. The first kappa shape index (κ1) is 17.2. The van der Waals surface area contributed by atoms with Crippen molar-refractivity contribution in [2.75, 3.05) is 6.61 Å². The Morgan fingerprint density at radius 1 is 1.14 bits per heavy atom. The third-order valence-corrected chi connectivity index (χ3v) is 4.58. The number of carbonyl (C=O) groups is 3. The highest BCUT2D eigenvalue weighted by Gasteiger charge is 2.59. The summed E-state index contributed by atoms with van der Waals surface area (Å²) < 4.78 is 4.96. The lowest BCUT2D eigenvalue weighted by Gasteiger charge is -2.46. The van der Waals surface area contributed by atoms with Gasteiger partial charge in [-0.1, -0.05) is 19.4 Å². The molecule has 6 heteroatoms. The van der Waals surface area contributed by atoms with Crippen molar-refractivity contribution in [2.24, 2.45) is 10.8 Å². The first-order valence-electron chi connectivity index (χ1n) is 6.97. The standard InChI is InChI=1S/C15H22O6/c1-10(2)11(16)21-9-8-15(13(19)20)7-5-4-6-14(15,3)12(17)18/h1,4-9H2,2-3H3,(H,17,18)(H,19,20). The molecule has 1 saturated carbocycles. The van der Waals surface area contributed by atoms with Gasteiger partial charge in [-0.15, -0.1) is 0 Å². The van der Waals surface area contributed by atoms with E-state index in [0.717, 1.165) is 0 Å². The van der Waals surface area contributed by atoms with Gasteiger partial charge in [0, 0.05) is 5.57 Å². The van der Waals surface area contributed by atoms with Gasteiger partial charge < -0.3 is 14.9 Å². The number of aliphatic carboxylic acids is 2. The summed E-state index contributed by atoms with van der Waals surface area (Å²) in [6, 6.07) is 0. The predicted octanol–water partition coefficient (Wildman–Crippen LogP) is 2.23. The molecule has 1 fully saturated rings. The van der Waals surface area contributed by atoms with Crippen LogP contribution in [0.4, 0.5) is 0 Å². The summed E-state index contributed by atoms with van der Waals surface area (Å²) in [4.78, 5) is 34.8. The van der Waals surface area contributed by atoms with Gasteiger partial charge in [-0.25, -0.2) is 4.79 Å². The summed E-state index contributed by atoms with van der Waals surface area (Å²) in [6.07, 6.45) is 1.91. The van der Waals surface area contributed by atoms with Crippen molar-refractivity contribution in [3.63, 3.8) is 0 Å². The van der Waals surface area contributed by atoms with Crippen LogP contribution in [0.3, 0.4) is 0 Å². The van der Waals surface area contributed by atoms with Gasteiger partial charge in [0.1, 0.15) is 0 Å². The quantitative estimate of drug-likeness (QED) is 0.576. The van der Waals surface area contributed by atoms with Crippen LogP contribution in [0.1, 0.15) is 46.0 Å². The van der Waals surface area contributed by atoms with Gasteiger partial charge in [0.25, 0.3) is 0 Å². The van der Waals surface area contributed by atoms with Crippen LogP contribution in [0.25, 0.3) is 0 Å². The molecule has 21 heavy (non-hydrogen) atoms. The van der Waals surface area contributed by atoms with Crippen molar-refractivity contribution in [3.8, 4) is 0 Å². The van der Waals surface area contributed by atoms with E-state index in [9.17, 15) is 24.6 Å². The van der Waals surface area contributed by atoms with E-state index in [1.165, 1.54) is 13.8 Å². The number of esters is 1. The molecule has 2 N–H and O–H groups in total. The van der Waals surface area contributed by atoms with Crippen LogP contribution < -0.4 is 0 Å². The number of rotatable bonds is 6. The molecule has 0 aromatic rings. The highest BCUT2D eigenvalue weighted by Crippen LogP contribution is 2.53. The molecule has 1 aliphatic rings. The summed E-state index contributed by atoms with van der Waals surface area (Å²) in [7, 11) is 0. The molecule has 0 spiro atoms. The van der Waals surface area contributed by atoms with E-state index in [0.29, 0.717) is 19.3 Å². The Morgan fingerprint density at radius 2 is 1.71 bits per heavy atom. The Labute approximate surface area is 123 Å². The van der Waals surface area contributed by atoms with Crippen molar-refractivity contribution in [1.29, 1.82) is 0 Å². The number of hydrogen-bond donors (Lipinski definition) is 2. The maximum absolute atomic E-state index is 11.8. The summed E-state index contributed by atoms with van der Waals surface area (Å²) >= 11 is 0. The largest absolute Gasteiger partial charge is 0.481 e. The number of carbonyl (C=O) groups excluding carboxylic acids is 1. The molecule has 0 heterocycles. The molecule has 0 aliphatic heterocycles. The van der Waals surface area contributed by atoms with Crippen molar-refractivity contribution in [2.45, 2.75) is 46.0 Å². The predicted molar refractivity (Wildman–Crippen MR) is 74.7 cm³/mol. The summed E-state index contributed by atoms with van der Waals surface area (Å²) in [6.45, 7) is 6.29. The monoisotopic (exact) mass is 298 g/mol. The van der Waals surface area contributed by atoms with E-state index >= 15 is 0 Å². The number of carboxylic acid groups (broad SMARTS) is 2. The van der Waals surface area contributed by atoms with Gasteiger partial charge in [0.05, 0.1) is 17.4 Å². The second-order valence-electron chi connectivity index (χ2n) is 5.90. The highest BCUT2D eigenvalue weighted by molar-refractivity contribution is 5.87. The third kappa shape index (κ3) is 3.09. The molecule has 0 saturated heterocycles. The highest BCUT2D eigenvalue weighted by atomic mass is 16.5. The first-order valence-corrected chi connectivity index (χ1v) is 6.97. The average Bonchev–Trinajstić information content (AvgIpc) is 2.40. The van der Waals surface area contributed by atoms with Crippen LogP contribution in [0, 0.1) is 10.8 Å². The van der Waals surface area contributed by atoms with E-state index in [1.807, 2.05) is 0 Å². The number of carboxylic acids is 2. The minimum atomic E-state index is -1.41. The lowest BCUT2D eigenvalue weighted by Crippen LogP contribution is -2.53. The van der Waals surface area contributed by atoms with Crippen LogP contribution >= 0.6 is 0 Å². The summed E-state index contributed by atoms with van der Waals surface area (Å²) in [5.74, 6) is -2.85. The summed E-state index contributed by atoms with van der Waals surface area (Å²) in [5, 5.41) is 19.1. The SMILES string of the molecule is C=C(C)C(=O)OCCC1(C(=O)O)CCCCC1(C)C(=O)O. The van der Waals surface area contributed by atoms with E-state index in [-0.39, 0.29) is 25.0 Å². The first-order chi connectivity index (χ1) is 9.67. The normalized spacial score (nSPS) is 28.7. The van der Waals surface area contributed by atoms with Crippen LogP contribution in [-0.2, 0) is 19.1 Å². The van der Waals surface area contributed by atoms with Crippen LogP contribution in [0.2, 0.25) is 0 Å². The molecule has 118 valence electrons. The third-order valence-electron chi connectivity index (χ3n) is 4.58. The molecular weight excluding hydrogens is 276 g/mol. The minimum absolute atomic E-state index is 0.00977. The fourth-order valence-electron chi connectivity index (χ4n) is 3.02. The Morgan fingerprint density at radius 3 is 2.19 bits per heavy atom. The van der Waals surface area contributed by atoms with Gasteiger partial charge in [0.15, 0.2) is 0 Å². The smallest absolute Gasteiger partial charge is 0.333 e. The van der Waals surface area contributed by atoms with E-state index in [1.54, 1.807) is 0 Å². The van der Waals surface area contributed by atoms with E-state index in [4.69, 9.17) is 4.74 Å². The number of ether oxygens (including phenoxy) is 1. The molecule has 2 unspecified atom stereocenters. The Bertz CT molecular complexity index is 469. The Kier molecular flexibility index (Phi) is 5.15. The maximum atomic E-state index is 11.8. The lowest BCUT2D eigenvalue weighted by atomic mass is 9.55. The molecule has 0 bridgehead atoms. The molecule has 1 rings (SSSR count). The maximum Gasteiger partial charge on any atom is 0.333 e. The van der Waals surface area contributed by atoms with Crippen molar-refractivity contribution in [1.82, 2.24) is 0 Å². The molecule has 2 atom stereocenters. The molecule has 0 aromatic carbocycles. The zero-order chi connectivity index (χ0) is 16.3. The van der Waals surface area contributed by atoms with Crippen LogP contribution in [0.15, 0.2) is 12.2 Å². The fourth-order valence-corrected chi connectivity index (χ4v) is 3.02. The van der Waals surface area contributed by atoms with Crippen molar-refractivity contribution in [3.05, 3.63) is 12.2 Å². The average molecular weight is 298 g/mol. The molecular formula is C15H22O6. The zero-order valence-corrected chi connectivity index (χ0v) is 12.5. The molecule has 0 aromatic heterocycles. The Balaban J connectivity index is 2.96. The second-order valence-corrected chi connectivity index (χ2v) is 5.90. The lowest BCUT2D eigenvalue weighted by molar-refractivity contribution is -0.180. The molecule has 0 amide bonds. The minimum Gasteiger partial charge on any atom is -0.481 e. The van der Waals surface area contributed by atoms with Gasteiger partial charge in [0.2, 0.25) is 0 Å². The van der Waals surface area contributed by atoms with Gasteiger partial charge >= 0.3 is 17.9 Å². The van der Waals surface area contributed by atoms with Crippen molar-refractivity contribution < 1.29 is 29.3 Å². The van der Waals surface area contributed by atoms with Crippen LogP contribution in [0.5, 0.6) is 0 Å². The Hall–Kier alpha value is -1.85. The second kappa shape index (κ2) is 6.28. The summed E-state index contributed by atoms with van der Waals surface area (Å²) in [5.41, 5.74) is -2.54. The van der Waals surface area contributed by atoms with E-state index < -0.39 is 28.7 Å². The van der Waals surface area contributed by atoms with Gasteiger partial charge in [-0.05, 0) is 33.1 Å². The van der Waals surface area contributed by atoms with Crippen LogP contribution in [-0.4, -0.2) is 34.7 Å². The fraction of sp³-hybridized carbons (Fsp3) is 0.667. The van der Waals surface area contributed by atoms with Gasteiger partial charge in [-0.2, -0.15) is 0 Å². The molecule has 1 aliphatic carbocycles. The zero-order valence-electron chi connectivity index (χ0n) is 12.5. The van der Waals surface area contributed by atoms with E-state index in [2.05, 4.69) is 6.58 Å². The topological polar surface area (TPSA) is 101 Å². The van der Waals surface area contributed by atoms with Gasteiger partial charge in [-0.3, -0.25) is 9.59 Å². The van der Waals surface area contributed by atoms with Crippen molar-refractivity contribution >= 4 is 17.9 Å².